The normalized spacial score (nSPS) is 18.9. The maximum Gasteiger partial charge on any atom is 0.328 e. The van der Waals surface area contributed by atoms with Crippen LogP contribution in [-0.4, -0.2) is 53.9 Å². The molecule has 1 fully saturated rings. The molecular weight excluding hydrogens is 278 g/mol. The quantitative estimate of drug-likeness (QED) is 0.911. The predicted octanol–water partition coefficient (Wildman–Crippen LogP) is 1.48. The first-order valence-electron chi connectivity index (χ1n) is 6.33. The van der Waals surface area contributed by atoms with Crippen LogP contribution in [0.15, 0.2) is 24.3 Å². The lowest BCUT2D eigenvalue weighted by Crippen LogP contribution is -2.52. The first-order valence-corrected chi connectivity index (χ1v) is 7.72. The Morgan fingerprint density at radius 1 is 1.50 bits per heavy atom. The molecule has 0 aliphatic carbocycles. The molecular formula is C14H17NO4S. The van der Waals surface area contributed by atoms with Crippen LogP contribution in [0.25, 0.3) is 0 Å². The highest BCUT2D eigenvalue weighted by atomic mass is 32.2. The van der Waals surface area contributed by atoms with Gasteiger partial charge in [-0.25, -0.2) is 4.79 Å². The van der Waals surface area contributed by atoms with Crippen molar-refractivity contribution in [2.75, 3.05) is 26.0 Å². The van der Waals surface area contributed by atoms with Crippen LogP contribution >= 0.6 is 11.8 Å². The first-order chi connectivity index (χ1) is 9.63. The van der Waals surface area contributed by atoms with E-state index in [2.05, 4.69) is 0 Å². The smallest absolute Gasteiger partial charge is 0.328 e. The van der Waals surface area contributed by atoms with Crippen LogP contribution in [0.1, 0.15) is 15.9 Å². The summed E-state index contributed by atoms with van der Waals surface area (Å²) >= 11 is 1.68. The van der Waals surface area contributed by atoms with Gasteiger partial charge >= 0.3 is 5.97 Å². The SMILES string of the molecule is CSCc1cccc(C(=O)N2CCOCC2C(=O)O)c1. The molecule has 0 spiro atoms. The van der Waals surface area contributed by atoms with E-state index in [0.717, 1.165) is 11.3 Å². The summed E-state index contributed by atoms with van der Waals surface area (Å²) in [5.74, 6) is -0.450. The number of aliphatic carboxylic acids is 1. The van der Waals surface area contributed by atoms with Crippen molar-refractivity contribution in [1.29, 1.82) is 0 Å². The second-order valence-electron chi connectivity index (χ2n) is 4.56. The van der Waals surface area contributed by atoms with Crippen LogP contribution in [0.4, 0.5) is 0 Å². The number of hydrogen-bond donors (Lipinski definition) is 1. The third-order valence-electron chi connectivity index (χ3n) is 3.16. The monoisotopic (exact) mass is 295 g/mol. The highest BCUT2D eigenvalue weighted by Crippen LogP contribution is 2.16. The summed E-state index contributed by atoms with van der Waals surface area (Å²) in [5.41, 5.74) is 1.59. The molecule has 1 aliphatic heterocycles. The van der Waals surface area contributed by atoms with Crippen molar-refractivity contribution < 1.29 is 19.4 Å². The molecule has 1 atom stereocenters. The van der Waals surface area contributed by atoms with E-state index in [4.69, 9.17) is 9.84 Å². The van der Waals surface area contributed by atoms with E-state index >= 15 is 0 Å². The van der Waals surface area contributed by atoms with E-state index < -0.39 is 12.0 Å². The molecule has 1 N–H and O–H groups in total. The van der Waals surface area contributed by atoms with Gasteiger partial charge in [0.2, 0.25) is 0 Å². The van der Waals surface area contributed by atoms with Gasteiger partial charge in [0.25, 0.3) is 5.91 Å². The van der Waals surface area contributed by atoms with Crippen molar-refractivity contribution in [3.8, 4) is 0 Å². The Kier molecular flexibility index (Phi) is 5.03. The average molecular weight is 295 g/mol. The second-order valence-corrected chi connectivity index (χ2v) is 5.43. The molecule has 0 radical (unpaired) electrons. The zero-order valence-corrected chi connectivity index (χ0v) is 12.1. The number of benzene rings is 1. The summed E-state index contributed by atoms with van der Waals surface area (Å²) < 4.78 is 5.14. The number of amides is 1. The molecule has 5 nitrogen and oxygen atoms in total. The third-order valence-corrected chi connectivity index (χ3v) is 3.78. The van der Waals surface area contributed by atoms with Crippen molar-refractivity contribution in [1.82, 2.24) is 4.90 Å². The summed E-state index contributed by atoms with van der Waals surface area (Å²) in [5, 5.41) is 9.17. The Hall–Kier alpha value is -1.53. The summed E-state index contributed by atoms with van der Waals surface area (Å²) in [6.45, 7) is 0.730. The maximum absolute atomic E-state index is 12.5. The summed E-state index contributed by atoms with van der Waals surface area (Å²) in [7, 11) is 0. The van der Waals surface area contributed by atoms with Gasteiger partial charge in [0.1, 0.15) is 0 Å². The lowest BCUT2D eigenvalue weighted by Gasteiger charge is -2.32. The van der Waals surface area contributed by atoms with Crippen LogP contribution in [0, 0.1) is 0 Å². The van der Waals surface area contributed by atoms with Gasteiger partial charge in [0, 0.05) is 17.9 Å². The van der Waals surface area contributed by atoms with Gasteiger partial charge in [-0.2, -0.15) is 11.8 Å². The number of carboxylic acids is 1. The molecule has 20 heavy (non-hydrogen) atoms. The highest BCUT2D eigenvalue weighted by Gasteiger charge is 2.33. The summed E-state index contributed by atoms with van der Waals surface area (Å²) in [6, 6.07) is 6.43. The fraction of sp³-hybridized carbons (Fsp3) is 0.429. The number of hydrogen-bond acceptors (Lipinski definition) is 4. The molecule has 1 aromatic carbocycles. The molecule has 0 saturated carbocycles. The van der Waals surface area contributed by atoms with Crippen LogP contribution in [0.2, 0.25) is 0 Å². The van der Waals surface area contributed by atoms with E-state index in [-0.39, 0.29) is 12.5 Å². The van der Waals surface area contributed by atoms with E-state index in [0.29, 0.717) is 18.7 Å². The predicted molar refractivity (Wildman–Crippen MR) is 76.9 cm³/mol. The van der Waals surface area contributed by atoms with Crippen LogP contribution in [0.5, 0.6) is 0 Å². The van der Waals surface area contributed by atoms with Gasteiger partial charge in [0.15, 0.2) is 6.04 Å². The molecule has 6 heteroatoms. The number of carbonyl (C=O) groups excluding carboxylic acids is 1. The number of carboxylic acid groups (broad SMARTS) is 1. The number of morpholine rings is 1. The average Bonchev–Trinajstić information content (AvgIpc) is 2.47. The van der Waals surface area contributed by atoms with Gasteiger partial charge in [-0.3, -0.25) is 4.79 Å². The number of ether oxygens (including phenoxy) is 1. The topological polar surface area (TPSA) is 66.8 Å². The van der Waals surface area contributed by atoms with Gasteiger partial charge in [-0.15, -0.1) is 0 Å². The van der Waals surface area contributed by atoms with E-state index in [1.54, 1.807) is 17.8 Å². The Morgan fingerprint density at radius 3 is 3.00 bits per heavy atom. The zero-order valence-electron chi connectivity index (χ0n) is 11.2. The standard InChI is InChI=1S/C14H17NO4S/c1-20-9-10-3-2-4-11(7-10)13(16)15-5-6-19-8-12(15)14(17)18/h2-4,7,12H,5-6,8-9H2,1H3,(H,17,18). The molecule has 1 heterocycles. The fourth-order valence-electron chi connectivity index (χ4n) is 2.18. The molecule has 1 aromatic rings. The van der Waals surface area contributed by atoms with Crippen molar-refractivity contribution in [2.24, 2.45) is 0 Å². The number of carbonyl (C=O) groups is 2. The number of nitrogens with zero attached hydrogens (tertiary/aromatic N) is 1. The maximum atomic E-state index is 12.5. The van der Waals surface area contributed by atoms with Gasteiger partial charge < -0.3 is 14.7 Å². The fourth-order valence-corrected chi connectivity index (χ4v) is 2.69. The molecule has 108 valence electrons. The number of thioether (sulfide) groups is 1. The van der Waals surface area contributed by atoms with E-state index in [1.807, 2.05) is 24.5 Å². The minimum atomic E-state index is -1.03. The summed E-state index contributed by atoms with van der Waals surface area (Å²) in [4.78, 5) is 25.0. The minimum Gasteiger partial charge on any atom is -0.480 e. The zero-order chi connectivity index (χ0) is 14.5. The molecule has 1 amide bonds. The van der Waals surface area contributed by atoms with E-state index in [1.165, 1.54) is 4.90 Å². The molecule has 1 unspecified atom stereocenters. The third kappa shape index (κ3) is 3.32. The first kappa shape index (κ1) is 14.9. The van der Waals surface area contributed by atoms with Gasteiger partial charge in [-0.1, -0.05) is 12.1 Å². The lowest BCUT2D eigenvalue weighted by atomic mass is 10.1. The number of rotatable bonds is 4. The van der Waals surface area contributed by atoms with Crippen LogP contribution < -0.4 is 0 Å². The molecule has 1 aliphatic rings. The van der Waals surface area contributed by atoms with Gasteiger partial charge in [-0.05, 0) is 24.0 Å². The van der Waals surface area contributed by atoms with Gasteiger partial charge in [0.05, 0.1) is 13.2 Å². The van der Waals surface area contributed by atoms with E-state index in [9.17, 15) is 9.59 Å². The van der Waals surface area contributed by atoms with Crippen molar-refractivity contribution in [3.05, 3.63) is 35.4 Å². The second kappa shape index (κ2) is 6.76. The van der Waals surface area contributed by atoms with Crippen molar-refractivity contribution >= 4 is 23.6 Å². The van der Waals surface area contributed by atoms with Crippen LogP contribution in [-0.2, 0) is 15.3 Å². The largest absolute Gasteiger partial charge is 0.480 e. The summed E-state index contributed by atoms with van der Waals surface area (Å²) in [6.07, 6.45) is 2.00. The Bertz CT molecular complexity index is 506. The molecule has 0 bridgehead atoms. The van der Waals surface area contributed by atoms with Crippen molar-refractivity contribution in [3.63, 3.8) is 0 Å². The Labute approximate surface area is 121 Å². The Balaban J connectivity index is 2.20. The molecule has 2 rings (SSSR count). The van der Waals surface area contributed by atoms with Crippen molar-refractivity contribution in [2.45, 2.75) is 11.8 Å². The highest BCUT2D eigenvalue weighted by molar-refractivity contribution is 7.97. The molecule has 1 saturated heterocycles. The lowest BCUT2D eigenvalue weighted by molar-refractivity contribution is -0.147. The van der Waals surface area contributed by atoms with Crippen LogP contribution in [0.3, 0.4) is 0 Å². The Morgan fingerprint density at radius 2 is 2.30 bits per heavy atom. The molecule has 0 aromatic heterocycles. The minimum absolute atomic E-state index is 0.0472.